The molecule has 1 atom stereocenters. The Balaban J connectivity index is 2.77. The summed E-state index contributed by atoms with van der Waals surface area (Å²) >= 11 is 8.72. The van der Waals surface area contributed by atoms with Crippen LogP contribution in [-0.2, 0) is 0 Å². The first-order valence-electron chi connectivity index (χ1n) is 4.49. The molecule has 1 rings (SSSR count). The molecule has 0 aliphatic rings. The number of thiophene rings is 1. The standard InChI is InChI=1S/C10H13Br2NS/c1-3-5-13-8(4-2)7-6-9(11)14-10(7)12/h4,6,8,13H,2-3,5H2,1H3. The molecule has 14 heavy (non-hydrogen) atoms. The Kier molecular flexibility index (Phi) is 5.38. The van der Waals surface area contributed by atoms with Crippen LogP contribution in [0.25, 0.3) is 0 Å². The number of hydrogen-bond acceptors (Lipinski definition) is 2. The van der Waals surface area contributed by atoms with Gasteiger partial charge in [-0.05, 0) is 56.5 Å². The number of rotatable bonds is 5. The third-order valence-electron chi connectivity index (χ3n) is 1.87. The van der Waals surface area contributed by atoms with Crippen LogP contribution in [0.15, 0.2) is 26.3 Å². The Labute approximate surface area is 106 Å². The molecule has 0 aliphatic heterocycles. The zero-order chi connectivity index (χ0) is 10.6. The van der Waals surface area contributed by atoms with Gasteiger partial charge < -0.3 is 5.32 Å². The number of nitrogens with one attached hydrogen (secondary N) is 1. The van der Waals surface area contributed by atoms with Gasteiger partial charge in [0.15, 0.2) is 0 Å². The second-order valence-electron chi connectivity index (χ2n) is 2.95. The summed E-state index contributed by atoms with van der Waals surface area (Å²) in [7, 11) is 0. The highest BCUT2D eigenvalue weighted by atomic mass is 79.9. The van der Waals surface area contributed by atoms with Crippen molar-refractivity contribution in [3.63, 3.8) is 0 Å². The second-order valence-corrected chi connectivity index (χ2v) is 6.70. The van der Waals surface area contributed by atoms with E-state index in [9.17, 15) is 0 Å². The Morgan fingerprint density at radius 1 is 1.64 bits per heavy atom. The molecule has 0 bridgehead atoms. The molecule has 1 unspecified atom stereocenters. The minimum Gasteiger partial charge on any atom is -0.307 e. The lowest BCUT2D eigenvalue weighted by Crippen LogP contribution is -2.19. The number of hydrogen-bond donors (Lipinski definition) is 1. The molecule has 0 amide bonds. The summed E-state index contributed by atoms with van der Waals surface area (Å²) in [6, 6.07) is 2.37. The van der Waals surface area contributed by atoms with Crippen LogP contribution in [0, 0.1) is 0 Å². The molecule has 4 heteroatoms. The Morgan fingerprint density at radius 3 is 2.79 bits per heavy atom. The van der Waals surface area contributed by atoms with E-state index in [2.05, 4.69) is 56.7 Å². The van der Waals surface area contributed by atoms with E-state index in [1.165, 1.54) is 5.56 Å². The van der Waals surface area contributed by atoms with E-state index in [0.717, 1.165) is 20.5 Å². The van der Waals surface area contributed by atoms with Gasteiger partial charge in [0.25, 0.3) is 0 Å². The number of halogens is 2. The molecule has 0 aromatic carbocycles. The molecule has 0 saturated heterocycles. The zero-order valence-electron chi connectivity index (χ0n) is 8.02. The quantitative estimate of drug-likeness (QED) is 0.779. The largest absolute Gasteiger partial charge is 0.307 e. The van der Waals surface area contributed by atoms with Crippen molar-refractivity contribution < 1.29 is 0 Å². The highest BCUT2D eigenvalue weighted by molar-refractivity contribution is 9.12. The normalized spacial score (nSPS) is 12.8. The molecule has 1 nitrogen and oxygen atoms in total. The average molecular weight is 339 g/mol. The van der Waals surface area contributed by atoms with E-state index in [-0.39, 0.29) is 6.04 Å². The summed E-state index contributed by atoms with van der Waals surface area (Å²) in [5, 5.41) is 3.43. The third kappa shape index (κ3) is 3.19. The van der Waals surface area contributed by atoms with Crippen molar-refractivity contribution in [2.24, 2.45) is 0 Å². The van der Waals surface area contributed by atoms with Gasteiger partial charge in [0, 0.05) is 0 Å². The first kappa shape index (κ1) is 12.4. The van der Waals surface area contributed by atoms with Gasteiger partial charge in [0.2, 0.25) is 0 Å². The fourth-order valence-corrected chi connectivity index (χ4v) is 4.11. The van der Waals surface area contributed by atoms with E-state index < -0.39 is 0 Å². The third-order valence-corrected chi connectivity index (χ3v) is 4.25. The minimum atomic E-state index is 0.242. The molecule has 0 spiro atoms. The summed E-state index contributed by atoms with van der Waals surface area (Å²) < 4.78 is 2.31. The monoisotopic (exact) mass is 337 g/mol. The molecule has 1 N–H and O–H groups in total. The van der Waals surface area contributed by atoms with Crippen LogP contribution in [0.3, 0.4) is 0 Å². The lowest BCUT2D eigenvalue weighted by Gasteiger charge is -2.13. The minimum absolute atomic E-state index is 0.242. The van der Waals surface area contributed by atoms with Gasteiger partial charge in [-0.25, -0.2) is 0 Å². The fraction of sp³-hybridized carbons (Fsp3) is 0.400. The van der Waals surface area contributed by atoms with Crippen LogP contribution >= 0.6 is 43.2 Å². The molecule has 0 aliphatic carbocycles. The molecule has 0 fully saturated rings. The zero-order valence-corrected chi connectivity index (χ0v) is 12.0. The highest BCUT2D eigenvalue weighted by Crippen LogP contribution is 2.35. The van der Waals surface area contributed by atoms with Crippen molar-refractivity contribution in [2.45, 2.75) is 19.4 Å². The summed E-state index contributed by atoms with van der Waals surface area (Å²) in [6.07, 6.45) is 3.07. The lowest BCUT2D eigenvalue weighted by atomic mass is 10.1. The first-order chi connectivity index (χ1) is 6.69. The molecule has 0 radical (unpaired) electrons. The van der Waals surface area contributed by atoms with Gasteiger partial charge >= 0.3 is 0 Å². The highest BCUT2D eigenvalue weighted by Gasteiger charge is 2.12. The Morgan fingerprint density at radius 2 is 2.36 bits per heavy atom. The van der Waals surface area contributed by atoms with Gasteiger partial charge in [0.1, 0.15) is 0 Å². The maximum absolute atomic E-state index is 3.85. The molecular formula is C10H13Br2NS. The van der Waals surface area contributed by atoms with E-state index in [1.54, 1.807) is 11.3 Å². The Bertz CT molecular complexity index is 309. The van der Waals surface area contributed by atoms with Gasteiger partial charge in [-0.3, -0.25) is 0 Å². The molecule has 0 saturated carbocycles. The summed E-state index contributed by atoms with van der Waals surface area (Å²) in [5.74, 6) is 0. The van der Waals surface area contributed by atoms with Gasteiger partial charge in [-0.15, -0.1) is 17.9 Å². The second kappa shape index (κ2) is 6.05. The van der Waals surface area contributed by atoms with Crippen molar-refractivity contribution in [3.05, 3.63) is 31.9 Å². The van der Waals surface area contributed by atoms with Crippen molar-refractivity contribution >= 4 is 43.2 Å². The van der Waals surface area contributed by atoms with Gasteiger partial charge in [-0.2, -0.15) is 0 Å². The van der Waals surface area contributed by atoms with Crippen LogP contribution in [0.4, 0.5) is 0 Å². The van der Waals surface area contributed by atoms with E-state index in [1.807, 2.05) is 6.08 Å². The maximum atomic E-state index is 3.85. The van der Waals surface area contributed by atoms with E-state index in [0.29, 0.717) is 0 Å². The van der Waals surface area contributed by atoms with Crippen molar-refractivity contribution in [1.29, 1.82) is 0 Å². The van der Waals surface area contributed by atoms with Crippen LogP contribution in [0.2, 0.25) is 0 Å². The molecule has 1 aromatic heterocycles. The van der Waals surface area contributed by atoms with Crippen LogP contribution in [0.5, 0.6) is 0 Å². The van der Waals surface area contributed by atoms with Gasteiger partial charge in [0.05, 0.1) is 13.6 Å². The summed E-state index contributed by atoms with van der Waals surface area (Å²) in [6.45, 7) is 7.02. The van der Waals surface area contributed by atoms with Crippen LogP contribution in [0.1, 0.15) is 24.9 Å². The smallest absolute Gasteiger partial charge is 0.0761 e. The topological polar surface area (TPSA) is 12.0 Å². The molecule has 78 valence electrons. The first-order valence-corrected chi connectivity index (χ1v) is 6.90. The molecule has 1 heterocycles. The average Bonchev–Trinajstić information content (AvgIpc) is 2.47. The lowest BCUT2D eigenvalue weighted by molar-refractivity contribution is 0.613. The molecular weight excluding hydrogens is 326 g/mol. The van der Waals surface area contributed by atoms with Crippen molar-refractivity contribution in [3.8, 4) is 0 Å². The Hall–Kier alpha value is 0.360. The predicted octanol–water partition coefficient (Wildman–Crippen LogP) is 4.50. The van der Waals surface area contributed by atoms with Crippen LogP contribution < -0.4 is 5.32 Å². The van der Waals surface area contributed by atoms with Crippen molar-refractivity contribution in [1.82, 2.24) is 5.32 Å². The van der Waals surface area contributed by atoms with Crippen LogP contribution in [-0.4, -0.2) is 6.54 Å². The maximum Gasteiger partial charge on any atom is 0.0761 e. The summed E-state index contributed by atoms with van der Waals surface area (Å²) in [5.41, 5.74) is 1.25. The van der Waals surface area contributed by atoms with E-state index >= 15 is 0 Å². The van der Waals surface area contributed by atoms with E-state index in [4.69, 9.17) is 0 Å². The fourth-order valence-electron chi connectivity index (χ4n) is 1.19. The SMILES string of the molecule is C=CC(NCCC)c1cc(Br)sc1Br. The van der Waals surface area contributed by atoms with Gasteiger partial charge in [-0.1, -0.05) is 13.0 Å². The summed E-state index contributed by atoms with van der Waals surface area (Å²) in [4.78, 5) is 0. The predicted molar refractivity (Wildman–Crippen MR) is 71.0 cm³/mol. The molecule has 1 aromatic rings. The van der Waals surface area contributed by atoms with Crippen molar-refractivity contribution in [2.75, 3.05) is 6.54 Å².